The van der Waals surface area contributed by atoms with Crippen molar-refractivity contribution in [3.05, 3.63) is 35.4 Å². The van der Waals surface area contributed by atoms with Gasteiger partial charge in [0, 0.05) is 0 Å². The summed E-state index contributed by atoms with van der Waals surface area (Å²) in [6.07, 6.45) is -1.22. The van der Waals surface area contributed by atoms with Gasteiger partial charge in [0.2, 0.25) is 0 Å². The predicted octanol–water partition coefficient (Wildman–Crippen LogP) is -6.10. The molecule has 26 heavy (non-hydrogen) atoms. The van der Waals surface area contributed by atoms with Gasteiger partial charge in [0.05, 0.1) is 41.4 Å². The lowest BCUT2D eigenvalue weighted by Crippen LogP contribution is -3.00. The number of hydrogen-bond donors (Lipinski definition) is 4. The Balaban J connectivity index is 0. The van der Waals surface area contributed by atoms with Crippen LogP contribution in [0, 0.1) is 0 Å². The zero-order chi connectivity index (χ0) is 18.4. The summed E-state index contributed by atoms with van der Waals surface area (Å²) in [5, 5.41) is 38.9. The van der Waals surface area contributed by atoms with Crippen LogP contribution in [0.25, 0.3) is 0 Å². The van der Waals surface area contributed by atoms with Gasteiger partial charge in [-0.2, -0.15) is 0 Å². The summed E-state index contributed by atoms with van der Waals surface area (Å²) in [5.74, 6) is 0. The van der Waals surface area contributed by atoms with Gasteiger partial charge in [0.25, 0.3) is 0 Å². The van der Waals surface area contributed by atoms with Crippen LogP contribution >= 0.6 is 0 Å². The highest BCUT2D eigenvalue weighted by molar-refractivity contribution is 5.25. The first-order chi connectivity index (χ1) is 11.1. The maximum Gasteiger partial charge on any atom is 0.128 e. The summed E-state index contributed by atoms with van der Waals surface area (Å²) in [6.45, 7) is 2.39. The number of benzene rings is 1. The highest BCUT2D eigenvalue weighted by atomic mass is 79.9. The van der Waals surface area contributed by atoms with Crippen LogP contribution in [-0.4, -0.2) is 97.0 Å². The lowest BCUT2D eigenvalue weighted by Gasteiger charge is -2.32. The van der Waals surface area contributed by atoms with E-state index in [1.165, 1.54) is 0 Å². The van der Waals surface area contributed by atoms with Crippen LogP contribution in [0.4, 0.5) is 0 Å². The normalized spacial score (nSPS) is 14.2. The molecule has 0 aromatic heterocycles. The largest absolute Gasteiger partial charge is 1.00 e. The fourth-order valence-electron chi connectivity index (χ4n) is 2.81. The highest BCUT2D eigenvalue weighted by Crippen LogP contribution is 2.21. The molecule has 154 valence electrons. The quantitative estimate of drug-likeness (QED) is 0.241. The maximum atomic E-state index is 10.4. The zero-order valence-electron chi connectivity index (χ0n) is 16.1. The SMILES string of the molecule is C[N+](C)(CCO)CC(O)c1ccc(C(O)C[N+](C)(C)CCO)cc1.[Br-].[Br-]. The Morgan fingerprint density at radius 1 is 0.692 bits per heavy atom. The number of hydrogen-bond acceptors (Lipinski definition) is 4. The summed E-state index contributed by atoms with van der Waals surface area (Å²) in [5.41, 5.74) is 1.61. The number of likely N-dealkylation sites (N-methyl/N-ethyl adjacent to an activating group) is 2. The highest BCUT2D eigenvalue weighted by Gasteiger charge is 2.23. The van der Waals surface area contributed by atoms with E-state index in [1.54, 1.807) is 0 Å². The molecule has 0 saturated heterocycles. The van der Waals surface area contributed by atoms with Crippen LogP contribution in [0.3, 0.4) is 0 Å². The van der Waals surface area contributed by atoms with Crippen LogP contribution in [0.2, 0.25) is 0 Å². The van der Waals surface area contributed by atoms with E-state index in [4.69, 9.17) is 10.2 Å². The van der Waals surface area contributed by atoms with Crippen molar-refractivity contribution in [3.8, 4) is 0 Å². The van der Waals surface area contributed by atoms with Gasteiger partial charge in [-0.05, 0) is 11.1 Å². The van der Waals surface area contributed by atoms with Crippen LogP contribution in [0.5, 0.6) is 0 Å². The van der Waals surface area contributed by atoms with E-state index in [2.05, 4.69) is 0 Å². The Hall–Kier alpha value is -0.0600. The lowest BCUT2D eigenvalue weighted by atomic mass is 10.0. The summed E-state index contributed by atoms with van der Waals surface area (Å²) >= 11 is 0. The van der Waals surface area contributed by atoms with Gasteiger partial charge in [-0.15, -0.1) is 0 Å². The Kier molecular flexibility index (Phi) is 13.4. The molecule has 1 aromatic rings. The average Bonchev–Trinajstić information content (AvgIpc) is 2.46. The predicted molar refractivity (Wildman–Crippen MR) is 94.2 cm³/mol. The van der Waals surface area contributed by atoms with Gasteiger partial charge in [0.15, 0.2) is 0 Å². The molecule has 0 bridgehead atoms. The summed E-state index contributed by atoms with van der Waals surface area (Å²) in [4.78, 5) is 0. The van der Waals surface area contributed by atoms with Gasteiger partial charge < -0.3 is 63.4 Å². The molecule has 0 aliphatic rings. The van der Waals surface area contributed by atoms with Crippen molar-refractivity contribution in [1.29, 1.82) is 0 Å². The number of rotatable bonds is 10. The molecular formula is C18H34Br2N2O4. The lowest BCUT2D eigenvalue weighted by molar-refractivity contribution is -0.894. The number of halogens is 2. The second kappa shape index (κ2) is 12.4. The molecule has 0 aliphatic heterocycles. The van der Waals surface area contributed by atoms with Gasteiger partial charge in [-0.3, -0.25) is 0 Å². The van der Waals surface area contributed by atoms with Crippen molar-refractivity contribution in [2.75, 3.05) is 67.6 Å². The van der Waals surface area contributed by atoms with Crippen LogP contribution in [0.1, 0.15) is 23.3 Å². The molecule has 0 spiro atoms. The van der Waals surface area contributed by atoms with Crippen molar-refractivity contribution in [1.82, 2.24) is 0 Å². The smallest absolute Gasteiger partial charge is 0.128 e. The minimum Gasteiger partial charge on any atom is -1.00 e. The first kappa shape index (κ1) is 28.2. The average molecular weight is 502 g/mol. The van der Waals surface area contributed by atoms with Crippen molar-refractivity contribution in [2.45, 2.75) is 12.2 Å². The molecule has 0 heterocycles. The third kappa shape index (κ3) is 9.75. The third-order valence-electron chi connectivity index (χ3n) is 4.45. The van der Waals surface area contributed by atoms with Crippen molar-refractivity contribution >= 4 is 0 Å². The molecule has 0 amide bonds. The molecule has 2 atom stereocenters. The molecule has 1 aromatic carbocycles. The second-order valence-electron chi connectivity index (χ2n) is 7.83. The Morgan fingerprint density at radius 2 is 0.962 bits per heavy atom. The third-order valence-corrected chi connectivity index (χ3v) is 4.45. The topological polar surface area (TPSA) is 80.9 Å². The van der Waals surface area contributed by atoms with Gasteiger partial charge in [-0.1, -0.05) is 24.3 Å². The van der Waals surface area contributed by atoms with Crippen LogP contribution < -0.4 is 34.0 Å². The van der Waals surface area contributed by atoms with E-state index in [9.17, 15) is 10.2 Å². The molecule has 1 rings (SSSR count). The Bertz CT molecular complexity index is 453. The number of aliphatic hydroxyl groups excluding tert-OH is 4. The monoisotopic (exact) mass is 500 g/mol. The Morgan fingerprint density at radius 3 is 1.19 bits per heavy atom. The van der Waals surface area contributed by atoms with E-state index in [0.717, 1.165) is 11.1 Å². The van der Waals surface area contributed by atoms with Crippen molar-refractivity contribution in [2.24, 2.45) is 0 Å². The van der Waals surface area contributed by atoms with Crippen LogP contribution in [-0.2, 0) is 0 Å². The van der Waals surface area contributed by atoms with Crippen molar-refractivity contribution < 1.29 is 63.4 Å². The molecule has 2 unspecified atom stereocenters. The minimum atomic E-state index is -0.612. The second-order valence-corrected chi connectivity index (χ2v) is 7.83. The molecule has 0 aliphatic carbocycles. The summed E-state index contributed by atoms with van der Waals surface area (Å²) < 4.78 is 1.07. The molecule has 8 heteroatoms. The molecular weight excluding hydrogens is 468 g/mol. The molecule has 0 radical (unpaired) electrons. The van der Waals surface area contributed by atoms with E-state index in [1.807, 2.05) is 52.5 Å². The van der Waals surface area contributed by atoms with E-state index in [-0.39, 0.29) is 47.2 Å². The first-order valence-electron chi connectivity index (χ1n) is 8.42. The molecule has 0 saturated carbocycles. The number of nitrogens with zero attached hydrogens (tertiary/aromatic N) is 2. The number of aliphatic hydroxyl groups is 4. The van der Waals surface area contributed by atoms with E-state index >= 15 is 0 Å². The standard InChI is InChI=1S/C18H34N2O4.2BrH/c1-19(2,9-11-21)13-17(23)15-5-7-16(8-6-15)18(24)14-20(3,4)10-12-22;;/h5-8,17-18,21-24H,9-14H2,1-4H3;2*1H/q+2;;/p-2. The van der Waals surface area contributed by atoms with Crippen LogP contribution in [0.15, 0.2) is 24.3 Å². The fourth-order valence-corrected chi connectivity index (χ4v) is 2.81. The number of quaternary nitrogens is 2. The van der Waals surface area contributed by atoms with Crippen molar-refractivity contribution in [3.63, 3.8) is 0 Å². The minimum absolute atomic E-state index is 0. The van der Waals surface area contributed by atoms with E-state index < -0.39 is 12.2 Å². The molecule has 4 N–H and O–H groups in total. The van der Waals surface area contributed by atoms with Gasteiger partial charge in [0.1, 0.15) is 38.4 Å². The fraction of sp³-hybridized carbons (Fsp3) is 0.667. The van der Waals surface area contributed by atoms with Gasteiger partial charge in [-0.25, -0.2) is 0 Å². The van der Waals surface area contributed by atoms with Gasteiger partial charge >= 0.3 is 0 Å². The molecule has 0 fully saturated rings. The Labute approximate surface area is 178 Å². The molecule has 6 nitrogen and oxygen atoms in total. The maximum absolute atomic E-state index is 10.4. The summed E-state index contributed by atoms with van der Waals surface area (Å²) in [7, 11) is 7.88. The van der Waals surface area contributed by atoms with E-state index in [0.29, 0.717) is 35.1 Å². The first-order valence-corrected chi connectivity index (χ1v) is 8.42. The summed E-state index contributed by atoms with van der Waals surface area (Å²) in [6, 6.07) is 7.37. The zero-order valence-corrected chi connectivity index (χ0v) is 19.3.